The fourth-order valence-electron chi connectivity index (χ4n) is 1.94. The second-order valence-electron chi connectivity index (χ2n) is 4.22. The van der Waals surface area contributed by atoms with Crippen LogP contribution in [0.2, 0.25) is 5.02 Å². The molecule has 0 aliphatic rings. The van der Waals surface area contributed by atoms with Gasteiger partial charge >= 0.3 is 0 Å². The first kappa shape index (κ1) is 13.1. The molecule has 20 heavy (non-hydrogen) atoms. The second-order valence-corrected chi connectivity index (χ2v) is 5.51. The zero-order valence-corrected chi connectivity index (χ0v) is 12.5. The van der Waals surface area contributed by atoms with Gasteiger partial charge in [0, 0.05) is 14.9 Å². The monoisotopic (exact) mass is 349 g/mol. The largest absolute Gasteiger partial charge is 0.321 e. The normalized spacial score (nSPS) is 10.7. The molecule has 0 aliphatic heterocycles. The van der Waals surface area contributed by atoms with Crippen molar-refractivity contribution in [1.82, 2.24) is 10.2 Å². The SMILES string of the molecule is O=C(Nc1cccc2[nH]ncc12)c1ccc(Cl)cc1Br. The molecule has 0 atom stereocenters. The van der Waals surface area contributed by atoms with Gasteiger partial charge in [0.25, 0.3) is 5.91 Å². The number of H-pyrrole nitrogens is 1. The zero-order chi connectivity index (χ0) is 14.1. The van der Waals surface area contributed by atoms with E-state index in [4.69, 9.17) is 11.6 Å². The quantitative estimate of drug-likeness (QED) is 0.726. The lowest BCUT2D eigenvalue weighted by Gasteiger charge is -2.08. The molecule has 0 saturated carbocycles. The summed E-state index contributed by atoms with van der Waals surface area (Å²) in [7, 11) is 0. The number of amides is 1. The second kappa shape index (κ2) is 5.26. The maximum Gasteiger partial charge on any atom is 0.256 e. The number of nitrogens with one attached hydrogen (secondary N) is 2. The topological polar surface area (TPSA) is 57.8 Å². The van der Waals surface area contributed by atoms with Crippen molar-refractivity contribution in [2.45, 2.75) is 0 Å². The number of benzene rings is 2. The van der Waals surface area contributed by atoms with E-state index in [2.05, 4.69) is 31.4 Å². The van der Waals surface area contributed by atoms with Gasteiger partial charge in [-0.25, -0.2) is 0 Å². The molecule has 0 fully saturated rings. The van der Waals surface area contributed by atoms with Crippen LogP contribution in [0, 0.1) is 0 Å². The molecule has 1 heterocycles. The van der Waals surface area contributed by atoms with Crippen molar-refractivity contribution in [3.05, 3.63) is 57.7 Å². The van der Waals surface area contributed by atoms with Crippen molar-refractivity contribution in [3.63, 3.8) is 0 Å². The first-order valence-corrected chi connectivity index (χ1v) is 7.01. The minimum absolute atomic E-state index is 0.206. The molecule has 2 aromatic carbocycles. The first-order valence-electron chi connectivity index (χ1n) is 5.83. The number of hydrogen-bond donors (Lipinski definition) is 2. The molecule has 0 aliphatic carbocycles. The van der Waals surface area contributed by atoms with E-state index >= 15 is 0 Å². The van der Waals surface area contributed by atoms with E-state index in [9.17, 15) is 4.79 Å². The number of fused-ring (bicyclic) bond motifs is 1. The van der Waals surface area contributed by atoms with Gasteiger partial charge in [0.1, 0.15) is 0 Å². The van der Waals surface area contributed by atoms with Gasteiger partial charge in [-0.2, -0.15) is 5.10 Å². The lowest BCUT2D eigenvalue weighted by Crippen LogP contribution is -2.12. The average Bonchev–Trinajstić information content (AvgIpc) is 2.87. The Hall–Kier alpha value is -1.85. The van der Waals surface area contributed by atoms with E-state index in [1.54, 1.807) is 24.4 Å². The predicted octanol–water partition coefficient (Wildman–Crippen LogP) is 4.23. The van der Waals surface area contributed by atoms with Crippen molar-refractivity contribution in [2.75, 3.05) is 5.32 Å². The van der Waals surface area contributed by atoms with Crippen LogP contribution < -0.4 is 5.32 Å². The molecule has 4 nitrogen and oxygen atoms in total. The van der Waals surface area contributed by atoms with Crippen LogP contribution in [0.25, 0.3) is 10.9 Å². The van der Waals surface area contributed by atoms with Gasteiger partial charge in [0.05, 0.1) is 23.0 Å². The van der Waals surface area contributed by atoms with Gasteiger partial charge in [-0.3, -0.25) is 9.89 Å². The molecule has 1 amide bonds. The van der Waals surface area contributed by atoms with E-state index in [0.717, 1.165) is 10.9 Å². The first-order chi connectivity index (χ1) is 9.65. The third-order valence-electron chi connectivity index (χ3n) is 2.91. The Balaban J connectivity index is 1.94. The van der Waals surface area contributed by atoms with Crippen LogP contribution in [-0.2, 0) is 0 Å². The molecular formula is C14H9BrClN3O. The number of rotatable bonds is 2. The van der Waals surface area contributed by atoms with E-state index in [1.807, 2.05) is 18.2 Å². The number of hydrogen-bond acceptors (Lipinski definition) is 2. The zero-order valence-electron chi connectivity index (χ0n) is 10.2. The Morgan fingerprint density at radius 1 is 1.30 bits per heavy atom. The molecular weight excluding hydrogens is 342 g/mol. The number of aromatic nitrogens is 2. The molecule has 1 aromatic heterocycles. The van der Waals surface area contributed by atoms with Gasteiger partial charge in [0.2, 0.25) is 0 Å². The maximum atomic E-state index is 12.3. The molecule has 3 aromatic rings. The summed E-state index contributed by atoms with van der Waals surface area (Å²) < 4.78 is 0.655. The lowest BCUT2D eigenvalue weighted by atomic mass is 10.2. The van der Waals surface area contributed by atoms with Gasteiger partial charge in [-0.05, 0) is 46.3 Å². The van der Waals surface area contributed by atoms with E-state index in [1.165, 1.54) is 0 Å². The lowest BCUT2D eigenvalue weighted by molar-refractivity contribution is 0.102. The molecule has 0 bridgehead atoms. The molecule has 2 N–H and O–H groups in total. The summed E-state index contributed by atoms with van der Waals surface area (Å²) >= 11 is 9.21. The Kier molecular flexibility index (Phi) is 3.46. The predicted molar refractivity (Wildman–Crippen MR) is 83.2 cm³/mol. The summed E-state index contributed by atoms with van der Waals surface area (Å²) in [4.78, 5) is 12.3. The van der Waals surface area contributed by atoms with Crippen LogP contribution in [-0.4, -0.2) is 16.1 Å². The van der Waals surface area contributed by atoms with Crippen LogP contribution in [0.3, 0.4) is 0 Å². The Morgan fingerprint density at radius 3 is 2.95 bits per heavy atom. The highest BCUT2D eigenvalue weighted by molar-refractivity contribution is 9.10. The van der Waals surface area contributed by atoms with E-state index in [-0.39, 0.29) is 5.91 Å². The van der Waals surface area contributed by atoms with Crippen molar-refractivity contribution in [2.24, 2.45) is 0 Å². The standard InChI is InChI=1S/C14H9BrClN3O/c15-11-6-8(16)4-5-9(11)14(20)18-12-2-1-3-13-10(12)7-17-19-13/h1-7H,(H,17,19)(H,18,20). The molecule has 0 spiro atoms. The van der Waals surface area contributed by atoms with Crippen LogP contribution >= 0.6 is 27.5 Å². The van der Waals surface area contributed by atoms with E-state index in [0.29, 0.717) is 20.7 Å². The number of carbonyl (C=O) groups is 1. The Labute approximate surface area is 128 Å². The van der Waals surface area contributed by atoms with Gasteiger partial charge in [0.15, 0.2) is 0 Å². The Bertz CT molecular complexity index is 800. The minimum atomic E-state index is -0.206. The Morgan fingerprint density at radius 2 is 2.15 bits per heavy atom. The maximum absolute atomic E-state index is 12.3. The van der Waals surface area contributed by atoms with Crippen LogP contribution in [0.15, 0.2) is 47.1 Å². The number of aromatic amines is 1. The summed E-state index contributed by atoms with van der Waals surface area (Å²) in [5, 5.41) is 11.1. The molecule has 0 saturated heterocycles. The van der Waals surface area contributed by atoms with Crippen molar-refractivity contribution >= 4 is 50.0 Å². The molecule has 6 heteroatoms. The molecule has 0 unspecified atom stereocenters. The summed E-state index contributed by atoms with van der Waals surface area (Å²) in [6.45, 7) is 0. The fourth-order valence-corrected chi connectivity index (χ4v) is 2.80. The average molecular weight is 351 g/mol. The highest BCUT2D eigenvalue weighted by atomic mass is 79.9. The third kappa shape index (κ3) is 2.42. The van der Waals surface area contributed by atoms with Crippen molar-refractivity contribution < 1.29 is 4.79 Å². The number of halogens is 2. The van der Waals surface area contributed by atoms with Crippen LogP contribution in [0.5, 0.6) is 0 Å². The van der Waals surface area contributed by atoms with Crippen molar-refractivity contribution in [1.29, 1.82) is 0 Å². The number of carbonyl (C=O) groups excluding carboxylic acids is 1. The number of anilines is 1. The highest BCUT2D eigenvalue weighted by Gasteiger charge is 2.12. The molecule has 100 valence electrons. The summed E-state index contributed by atoms with van der Waals surface area (Å²) in [5.41, 5.74) is 2.11. The fraction of sp³-hybridized carbons (Fsp3) is 0. The van der Waals surface area contributed by atoms with Gasteiger partial charge in [-0.15, -0.1) is 0 Å². The molecule has 0 radical (unpaired) electrons. The van der Waals surface area contributed by atoms with Gasteiger partial charge in [-0.1, -0.05) is 17.7 Å². The summed E-state index contributed by atoms with van der Waals surface area (Å²) in [5.74, 6) is -0.206. The minimum Gasteiger partial charge on any atom is -0.321 e. The molecule has 3 rings (SSSR count). The summed E-state index contributed by atoms with van der Waals surface area (Å²) in [6.07, 6.45) is 1.68. The van der Waals surface area contributed by atoms with Crippen LogP contribution in [0.4, 0.5) is 5.69 Å². The smallest absolute Gasteiger partial charge is 0.256 e. The third-order valence-corrected chi connectivity index (χ3v) is 3.80. The van der Waals surface area contributed by atoms with Crippen LogP contribution in [0.1, 0.15) is 10.4 Å². The van der Waals surface area contributed by atoms with Crippen molar-refractivity contribution in [3.8, 4) is 0 Å². The van der Waals surface area contributed by atoms with Gasteiger partial charge < -0.3 is 5.32 Å². The number of nitrogens with zero attached hydrogens (tertiary/aromatic N) is 1. The highest BCUT2D eigenvalue weighted by Crippen LogP contribution is 2.25. The van der Waals surface area contributed by atoms with E-state index < -0.39 is 0 Å². The summed E-state index contributed by atoms with van der Waals surface area (Å²) in [6, 6.07) is 10.6.